The van der Waals surface area contributed by atoms with Gasteiger partial charge in [-0.1, -0.05) is 99.0 Å². The van der Waals surface area contributed by atoms with Crippen LogP contribution in [0.3, 0.4) is 0 Å². The van der Waals surface area contributed by atoms with Gasteiger partial charge in [0.05, 0.1) is 0 Å². The van der Waals surface area contributed by atoms with Crippen LogP contribution in [0.5, 0.6) is 0 Å². The maximum absolute atomic E-state index is 3.73. The lowest BCUT2D eigenvalue weighted by Crippen LogP contribution is -2.30. The van der Waals surface area contributed by atoms with Crippen LogP contribution in [0.4, 0.5) is 0 Å². The van der Waals surface area contributed by atoms with Gasteiger partial charge >= 0.3 is 0 Å². The first-order chi connectivity index (χ1) is 9.18. The zero-order chi connectivity index (χ0) is 14.1. The Morgan fingerprint density at radius 3 is 2.00 bits per heavy atom. The maximum Gasteiger partial charge on any atom is 0.0175 e. The highest BCUT2D eigenvalue weighted by molar-refractivity contribution is 9.10. The molecule has 0 aliphatic rings. The lowest BCUT2D eigenvalue weighted by molar-refractivity contribution is 0.463. The van der Waals surface area contributed by atoms with E-state index >= 15 is 0 Å². The van der Waals surface area contributed by atoms with Gasteiger partial charge in [-0.05, 0) is 24.1 Å². The molecule has 108 valence electrons. The summed E-state index contributed by atoms with van der Waals surface area (Å²) >= 11 is 11.0. The highest BCUT2D eigenvalue weighted by atomic mass is 79.9. The number of hydrogen-bond donors (Lipinski definition) is 0. The van der Waals surface area contributed by atoms with Gasteiger partial charge in [0.2, 0.25) is 0 Å². The number of halogens is 3. The van der Waals surface area contributed by atoms with E-state index in [4.69, 9.17) is 0 Å². The molecule has 1 aromatic carbocycles. The molecule has 0 spiro atoms. The van der Waals surface area contributed by atoms with E-state index < -0.39 is 0 Å². The molecule has 1 rings (SSSR count). The lowest BCUT2D eigenvalue weighted by atomic mass is 9.80. The molecule has 0 saturated carbocycles. The first kappa shape index (κ1) is 17.7. The van der Waals surface area contributed by atoms with Crippen LogP contribution in [0, 0.1) is 0 Å². The van der Waals surface area contributed by atoms with Gasteiger partial charge in [-0.25, -0.2) is 0 Å². The Bertz CT molecular complexity index is 342. The third kappa shape index (κ3) is 5.51. The number of alkyl halides is 2. The molecule has 0 heterocycles. The molecule has 0 aliphatic heterocycles. The number of unbranched alkanes of at least 4 members (excludes halogenated alkanes) is 4. The second kappa shape index (κ2) is 9.57. The third-order valence-electron chi connectivity index (χ3n) is 3.73. The number of benzene rings is 1. The summed E-state index contributed by atoms with van der Waals surface area (Å²) in [7, 11) is 0. The van der Waals surface area contributed by atoms with Gasteiger partial charge in [0.15, 0.2) is 0 Å². The minimum Gasteiger partial charge on any atom is -0.0918 e. The highest BCUT2D eigenvalue weighted by Crippen LogP contribution is 2.35. The summed E-state index contributed by atoms with van der Waals surface area (Å²) < 4.78 is 1.15. The Morgan fingerprint density at radius 2 is 1.47 bits per heavy atom. The molecule has 0 aromatic heterocycles. The van der Waals surface area contributed by atoms with E-state index in [0.29, 0.717) is 0 Å². The SMILES string of the molecule is CCCCCCCC(CBr)(CBr)c1ccc(Br)cc1. The molecule has 0 N–H and O–H groups in total. The fraction of sp³-hybridized carbons (Fsp3) is 0.625. The van der Waals surface area contributed by atoms with Crippen LogP contribution < -0.4 is 0 Å². The van der Waals surface area contributed by atoms with Gasteiger partial charge in [0.1, 0.15) is 0 Å². The third-order valence-corrected chi connectivity index (χ3v) is 6.40. The molecule has 0 fully saturated rings. The molecule has 3 heteroatoms. The standard InChI is InChI=1S/C16H23Br3/c1-2-3-4-5-6-11-16(12-17,13-18)14-7-9-15(19)10-8-14/h7-10H,2-6,11-13H2,1H3. The Kier molecular flexibility index (Phi) is 8.92. The fourth-order valence-electron chi connectivity index (χ4n) is 2.34. The maximum atomic E-state index is 3.73. The van der Waals surface area contributed by atoms with Crippen molar-refractivity contribution in [1.29, 1.82) is 0 Å². The normalized spacial score (nSPS) is 11.8. The van der Waals surface area contributed by atoms with Gasteiger partial charge < -0.3 is 0 Å². The lowest BCUT2D eigenvalue weighted by Gasteiger charge is -2.31. The summed E-state index contributed by atoms with van der Waals surface area (Å²) in [6.07, 6.45) is 7.97. The summed E-state index contributed by atoms with van der Waals surface area (Å²) in [5, 5.41) is 2.03. The van der Waals surface area contributed by atoms with Crippen molar-refractivity contribution in [2.45, 2.75) is 50.9 Å². The number of hydrogen-bond acceptors (Lipinski definition) is 0. The monoisotopic (exact) mass is 452 g/mol. The molecule has 0 aliphatic carbocycles. The molecule has 0 amide bonds. The molecule has 0 nitrogen and oxygen atoms in total. The van der Waals surface area contributed by atoms with Gasteiger partial charge in [0.25, 0.3) is 0 Å². The minimum absolute atomic E-state index is 0.229. The molecule has 19 heavy (non-hydrogen) atoms. The average Bonchev–Trinajstić information content (AvgIpc) is 2.45. The van der Waals surface area contributed by atoms with Gasteiger partial charge in [-0.2, -0.15) is 0 Å². The van der Waals surface area contributed by atoms with Crippen molar-refractivity contribution in [1.82, 2.24) is 0 Å². The van der Waals surface area contributed by atoms with Crippen LogP contribution >= 0.6 is 47.8 Å². The number of rotatable bonds is 9. The van der Waals surface area contributed by atoms with Crippen molar-refractivity contribution >= 4 is 47.8 Å². The fourth-order valence-corrected chi connectivity index (χ4v) is 4.74. The summed E-state index contributed by atoms with van der Waals surface area (Å²) in [4.78, 5) is 0. The zero-order valence-electron chi connectivity index (χ0n) is 11.6. The molecule has 0 saturated heterocycles. The summed E-state index contributed by atoms with van der Waals surface area (Å²) in [6.45, 7) is 2.27. The van der Waals surface area contributed by atoms with E-state index in [1.165, 1.54) is 44.1 Å². The van der Waals surface area contributed by atoms with Crippen molar-refractivity contribution in [3.05, 3.63) is 34.3 Å². The van der Waals surface area contributed by atoms with Crippen molar-refractivity contribution in [2.75, 3.05) is 10.7 Å². The van der Waals surface area contributed by atoms with E-state index in [0.717, 1.165) is 15.1 Å². The summed E-state index contributed by atoms with van der Waals surface area (Å²) in [5.74, 6) is 0. The second-order valence-corrected chi connectivity index (χ2v) is 7.26. The molecule has 1 aromatic rings. The summed E-state index contributed by atoms with van der Waals surface area (Å²) in [6, 6.07) is 8.79. The largest absolute Gasteiger partial charge is 0.0918 e. The van der Waals surface area contributed by atoms with Crippen LogP contribution in [0.25, 0.3) is 0 Å². The minimum atomic E-state index is 0.229. The topological polar surface area (TPSA) is 0 Å². The molecule has 0 radical (unpaired) electrons. The smallest absolute Gasteiger partial charge is 0.0175 e. The second-order valence-electron chi connectivity index (χ2n) is 5.22. The van der Waals surface area contributed by atoms with Gasteiger partial charge in [0, 0.05) is 20.5 Å². The van der Waals surface area contributed by atoms with Crippen LogP contribution in [0.2, 0.25) is 0 Å². The van der Waals surface area contributed by atoms with E-state index in [1.807, 2.05) is 0 Å². The summed E-state index contributed by atoms with van der Waals surface area (Å²) in [5.41, 5.74) is 1.66. The van der Waals surface area contributed by atoms with Crippen LogP contribution in [-0.4, -0.2) is 10.7 Å². The highest BCUT2D eigenvalue weighted by Gasteiger charge is 2.29. The molecule has 0 atom stereocenters. The van der Waals surface area contributed by atoms with Crippen LogP contribution in [0.15, 0.2) is 28.7 Å². The van der Waals surface area contributed by atoms with Gasteiger partial charge in [-0.15, -0.1) is 0 Å². The van der Waals surface area contributed by atoms with Crippen LogP contribution in [-0.2, 0) is 5.41 Å². The molecular weight excluding hydrogens is 432 g/mol. The van der Waals surface area contributed by atoms with E-state index in [-0.39, 0.29) is 5.41 Å². The van der Waals surface area contributed by atoms with Crippen molar-refractivity contribution in [3.63, 3.8) is 0 Å². The Labute approximate surface area is 143 Å². The van der Waals surface area contributed by atoms with E-state index in [9.17, 15) is 0 Å². The molecule has 0 unspecified atom stereocenters. The van der Waals surface area contributed by atoms with Gasteiger partial charge in [-0.3, -0.25) is 0 Å². The molecule has 0 bridgehead atoms. The first-order valence-corrected chi connectivity index (χ1v) is 10.1. The van der Waals surface area contributed by atoms with E-state index in [1.54, 1.807) is 0 Å². The van der Waals surface area contributed by atoms with E-state index in [2.05, 4.69) is 79.0 Å². The van der Waals surface area contributed by atoms with Crippen LogP contribution in [0.1, 0.15) is 51.0 Å². The van der Waals surface area contributed by atoms with Crippen molar-refractivity contribution in [3.8, 4) is 0 Å². The first-order valence-electron chi connectivity index (χ1n) is 7.06. The zero-order valence-corrected chi connectivity index (χ0v) is 16.4. The van der Waals surface area contributed by atoms with Crippen molar-refractivity contribution < 1.29 is 0 Å². The Morgan fingerprint density at radius 1 is 0.895 bits per heavy atom. The Hall–Kier alpha value is 0.660. The predicted octanol–water partition coefficient (Wildman–Crippen LogP) is 6.84. The molecular formula is C16H23Br3. The average molecular weight is 455 g/mol. The Balaban J connectivity index is 2.65. The predicted molar refractivity (Wildman–Crippen MR) is 96.8 cm³/mol. The van der Waals surface area contributed by atoms with Crippen molar-refractivity contribution in [2.24, 2.45) is 0 Å². The quantitative estimate of drug-likeness (QED) is 0.283.